The minimum atomic E-state index is -5.18. The number of hydrogen-bond donors (Lipinski definition) is 1. The molecule has 2 aromatic rings. The van der Waals surface area contributed by atoms with E-state index in [-0.39, 0.29) is 5.56 Å². The Balaban J connectivity index is 2.10. The molecule has 1 amide bonds. The Hall–Kier alpha value is -2.20. The first-order valence-corrected chi connectivity index (χ1v) is 9.97. The molecule has 29 heavy (non-hydrogen) atoms. The third kappa shape index (κ3) is 6.97. The summed E-state index contributed by atoms with van der Waals surface area (Å²) in [5, 5.41) is 0.891. The van der Waals surface area contributed by atoms with E-state index in [1.165, 1.54) is 28.9 Å². The fourth-order valence-corrected chi connectivity index (χ4v) is 3.81. The summed E-state index contributed by atoms with van der Waals surface area (Å²) in [6.45, 7) is 11.2. The van der Waals surface area contributed by atoms with Gasteiger partial charge in [0.25, 0.3) is 5.91 Å². The largest absolute Gasteiger partial charge is 0.493 e. The molecule has 0 bridgehead atoms. The first-order chi connectivity index (χ1) is 13.5. The van der Waals surface area contributed by atoms with Gasteiger partial charge in [-0.1, -0.05) is 27.7 Å². The van der Waals surface area contributed by atoms with Gasteiger partial charge in [0.15, 0.2) is 0 Å². The van der Waals surface area contributed by atoms with Crippen LogP contribution < -0.4 is 5.48 Å². The lowest BCUT2D eigenvalue weighted by atomic mass is 10.1. The molecule has 1 aromatic heterocycles. The lowest BCUT2D eigenvalue weighted by Crippen LogP contribution is -2.34. The molecule has 0 aliphatic rings. The van der Waals surface area contributed by atoms with Crippen molar-refractivity contribution in [3.05, 3.63) is 28.8 Å². The van der Waals surface area contributed by atoms with Gasteiger partial charge < -0.3 is 4.84 Å². The van der Waals surface area contributed by atoms with Crippen LogP contribution in [-0.4, -0.2) is 41.0 Å². The van der Waals surface area contributed by atoms with Gasteiger partial charge >= 0.3 is 12.1 Å². The van der Waals surface area contributed by atoms with Crippen LogP contribution in [-0.2, 0) is 16.2 Å². The van der Waals surface area contributed by atoms with Crippen LogP contribution in [0.5, 0.6) is 0 Å². The zero-order valence-electron chi connectivity index (χ0n) is 16.7. The van der Waals surface area contributed by atoms with Gasteiger partial charge in [-0.2, -0.15) is 18.7 Å². The summed E-state index contributed by atoms with van der Waals surface area (Å²) in [6.07, 6.45) is -5.18. The molecule has 0 aliphatic carbocycles. The second kappa shape index (κ2) is 9.53. The summed E-state index contributed by atoms with van der Waals surface area (Å²) in [5.74, 6) is -2.42. The van der Waals surface area contributed by atoms with Gasteiger partial charge in [-0.05, 0) is 30.0 Å². The standard InChI is InChI=1S/C19H24F3N3O3S/c1-11(2)8-25(9-12(3)4)10-16-23-14-7-13(5-6-15(14)29-16)17(26)24-28-18(27)19(20,21)22/h5-7,11-12H,8-10H2,1-4H3,(H,24,26). The van der Waals surface area contributed by atoms with Crippen molar-refractivity contribution < 1.29 is 27.6 Å². The molecule has 0 radical (unpaired) electrons. The SMILES string of the molecule is CC(C)CN(Cc1nc2cc(C(=O)NOC(=O)C(F)(F)F)ccc2s1)CC(C)C. The second-order valence-electron chi connectivity index (χ2n) is 7.59. The monoisotopic (exact) mass is 431 g/mol. The minimum absolute atomic E-state index is 0.0468. The highest BCUT2D eigenvalue weighted by molar-refractivity contribution is 7.18. The number of halogens is 3. The topological polar surface area (TPSA) is 71.5 Å². The number of nitrogens with one attached hydrogen (secondary N) is 1. The number of benzene rings is 1. The van der Waals surface area contributed by atoms with Gasteiger partial charge in [-0.25, -0.2) is 9.78 Å². The molecule has 6 nitrogen and oxygen atoms in total. The molecule has 0 saturated heterocycles. The van der Waals surface area contributed by atoms with E-state index in [4.69, 9.17) is 0 Å². The van der Waals surface area contributed by atoms with E-state index in [9.17, 15) is 22.8 Å². The molecule has 0 saturated carbocycles. The number of carbonyl (C=O) groups excluding carboxylic acids is 2. The molecule has 1 aromatic carbocycles. The van der Waals surface area contributed by atoms with E-state index >= 15 is 0 Å². The molecule has 0 spiro atoms. The first kappa shape index (κ1) is 23.1. The van der Waals surface area contributed by atoms with Crippen LogP contribution in [0.2, 0.25) is 0 Å². The van der Waals surface area contributed by atoms with E-state index in [0.29, 0.717) is 23.9 Å². The van der Waals surface area contributed by atoms with Crippen LogP contribution in [0.3, 0.4) is 0 Å². The number of hydroxylamine groups is 1. The predicted molar refractivity (Wildman–Crippen MR) is 104 cm³/mol. The number of nitrogens with zero attached hydrogens (tertiary/aromatic N) is 2. The second-order valence-corrected chi connectivity index (χ2v) is 8.71. The molecule has 160 valence electrons. The van der Waals surface area contributed by atoms with Crippen LogP contribution in [0.25, 0.3) is 10.2 Å². The summed E-state index contributed by atoms with van der Waals surface area (Å²) in [6, 6.07) is 4.58. The summed E-state index contributed by atoms with van der Waals surface area (Å²) in [7, 11) is 0. The van der Waals surface area contributed by atoms with Gasteiger partial charge in [0.2, 0.25) is 0 Å². The molecule has 2 rings (SSSR count). The molecule has 0 atom stereocenters. The van der Waals surface area contributed by atoms with Crippen LogP contribution in [0.1, 0.15) is 43.1 Å². The number of thiazole rings is 1. The van der Waals surface area contributed by atoms with E-state index in [1.807, 2.05) is 0 Å². The molecule has 0 fully saturated rings. The predicted octanol–water partition coefficient (Wildman–Crippen LogP) is 4.16. The fourth-order valence-electron chi connectivity index (χ4n) is 2.82. The number of fused-ring (bicyclic) bond motifs is 1. The Kier molecular flexibility index (Phi) is 7.59. The number of amides is 1. The highest BCUT2D eigenvalue weighted by Gasteiger charge is 2.42. The van der Waals surface area contributed by atoms with Gasteiger partial charge in [0.05, 0.1) is 16.8 Å². The van der Waals surface area contributed by atoms with Crippen LogP contribution in [0, 0.1) is 11.8 Å². The molecular formula is C19H24F3N3O3S. The van der Waals surface area contributed by atoms with E-state index in [0.717, 1.165) is 22.8 Å². The van der Waals surface area contributed by atoms with Crippen molar-refractivity contribution in [1.29, 1.82) is 0 Å². The Morgan fingerprint density at radius 3 is 2.34 bits per heavy atom. The average molecular weight is 431 g/mol. The summed E-state index contributed by atoms with van der Waals surface area (Å²) < 4.78 is 37.3. The smallest absolute Gasteiger partial charge is 0.332 e. The Labute approximate surface area is 171 Å². The summed E-state index contributed by atoms with van der Waals surface area (Å²) >= 11 is 1.50. The highest BCUT2D eigenvalue weighted by Crippen LogP contribution is 2.25. The number of alkyl halides is 3. The van der Waals surface area contributed by atoms with Crippen LogP contribution >= 0.6 is 11.3 Å². The molecular weight excluding hydrogens is 407 g/mol. The average Bonchev–Trinajstić information content (AvgIpc) is 2.98. The molecule has 0 unspecified atom stereocenters. The molecule has 10 heteroatoms. The van der Waals surface area contributed by atoms with Crippen LogP contribution in [0.4, 0.5) is 13.2 Å². The first-order valence-electron chi connectivity index (χ1n) is 9.16. The quantitative estimate of drug-likeness (QED) is 0.667. The number of carbonyl (C=O) groups is 2. The molecule has 1 heterocycles. The van der Waals surface area contributed by atoms with E-state index in [2.05, 4.69) is 42.4 Å². The minimum Gasteiger partial charge on any atom is -0.332 e. The normalized spacial score (nSPS) is 12.2. The van der Waals surface area contributed by atoms with Crippen molar-refractivity contribution >= 4 is 33.4 Å². The molecule has 1 N–H and O–H groups in total. The zero-order valence-corrected chi connectivity index (χ0v) is 17.5. The number of hydrogen-bond acceptors (Lipinski definition) is 6. The lowest BCUT2D eigenvalue weighted by molar-refractivity contribution is -0.204. The third-order valence-electron chi connectivity index (χ3n) is 3.77. The zero-order chi connectivity index (χ0) is 21.8. The fraction of sp³-hybridized carbons (Fsp3) is 0.526. The number of rotatable bonds is 7. The van der Waals surface area contributed by atoms with Crippen molar-refractivity contribution in [1.82, 2.24) is 15.4 Å². The van der Waals surface area contributed by atoms with Crippen molar-refractivity contribution in [2.75, 3.05) is 13.1 Å². The third-order valence-corrected chi connectivity index (χ3v) is 4.79. The van der Waals surface area contributed by atoms with Gasteiger partial charge in [-0.15, -0.1) is 11.3 Å². The van der Waals surface area contributed by atoms with Crippen molar-refractivity contribution in [2.24, 2.45) is 11.8 Å². The Bertz CT molecular complexity index is 855. The Morgan fingerprint density at radius 1 is 1.17 bits per heavy atom. The molecule has 0 aliphatic heterocycles. The van der Waals surface area contributed by atoms with Crippen molar-refractivity contribution in [3.8, 4) is 0 Å². The van der Waals surface area contributed by atoms with Crippen LogP contribution in [0.15, 0.2) is 18.2 Å². The maximum Gasteiger partial charge on any atom is 0.493 e. The van der Waals surface area contributed by atoms with E-state index in [1.54, 1.807) is 6.07 Å². The maximum atomic E-state index is 12.1. The lowest BCUT2D eigenvalue weighted by Gasteiger charge is -2.24. The van der Waals surface area contributed by atoms with Gasteiger partial charge in [0.1, 0.15) is 5.01 Å². The highest BCUT2D eigenvalue weighted by atomic mass is 32.1. The Morgan fingerprint density at radius 2 is 1.79 bits per heavy atom. The van der Waals surface area contributed by atoms with Crippen molar-refractivity contribution in [3.63, 3.8) is 0 Å². The van der Waals surface area contributed by atoms with E-state index < -0.39 is 18.1 Å². The maximum absolute atomic E-state index is 12.1. The van der Waals surface area contributed by atoms with Gasteiger partial charge in [-0.3, -0.25) is 9.69 Å². The van der Waals surface area contributed by atoms with Crippen molar-refractivity contribution in [2.45, 2.75) is 40.4 Å². The number of aromatic nitrogens is 1. The summed E-state index contributed by atoms with van der Waals surface area (Å²) in [4.78, 5) is 33.3. The summed E-state index contributed by atoms with van der Waals surface area (Å²) in [5.41, 5.74) is 2.12. The van der Waals surface area contributed by atoms with Gasteiger partial charge in [0, 0.05) is 18.7 Å².